The van der Waals surface area contributed by atoms with E-state index in [1.54, 1.807) is 0 Å². The number of hydrogen-bond acceptors (Lipinski definition) is 6. The van der Waals surface area contributed by atoms with E-state index in [0.29, 0.717) is 39.6 Å². The Morgan fingerprint density at radius 3 is 1.77 bits per heavy atom. The molecule has 0 heterocycles. The Kier molecular flexibility index (Phi) is 13.5. The fraction of sp³-hybridized carbons (Fsp3) is 0.958. The zero-order chi connectivity index (χ0) is 23.4. The summed E-state index contributed by atoms with van der Waals surface area (Å²) in [4.78, 5) is 12.1. The summed E-state index contributed by atoms with van der Waals surface area (Å²) in [6, 6.07) is -0.0677. The maximum atomic E-state index is 12.1. The zero-order valence-electron chi connectivity index (χ0n) is 21.4. The second kappa shape index (κ2) is 13.8. The van der Waals surface area contributed by atoms with Gasteiger partial charge in [-0.1, -0.05) is 13.8 Å². The van der Waals surface area contributed by atoms with Gasteiger partial charge in [-0.15, -0.1) is 0 Å². The normalized spacial score (nSPS) is 14.4. The van der Waals surface area contributed by atoms with Gasteiger partial charge in [0.1, 0.15) is 5.78 Å². The summed E-state index contributed by atoms with van der Waals surface area (Å²) >= 11 is 0. The third-order valence-corrected chi connectivity index (χ3v) is 4.85. The topological polar surface area (TPSA) is 66.0 Å². The minimum absolute atomic E-state index is 0.00797. The van der Waals surface area contributed by atoms with E-state index in [-0.39, 0.29) is 34.5 Å². The summed E-state index contributed by atoms with van der Waals surface area (Å²) in [7, 11) is 0. The van der Waals surface area contributed by atoms with Gasteiger partial charge >= 0.3 is 0 Å². The summed E-state index contributed by atoms with van der Waals surface area (Å²) in [5.74, 6) is 0.196. The van der Waals surface area contributed by atoms with Gasteiger partial charge in [-0.2, -0.15) is 0 Å². The number of nitrogens with one attached hydrogen (secondary N) is 1. The average molecular weight is 432 g/mol. The minimum Gasteiger partial charge on any atom is -0.382 e. The Bertz CT molecular complexity index is 469. The molecule has 0 aromatic carbocycles. The molecule has 1 N–H and O–H groups in total. The highest BCUT2D eigenvalue weighted by Crippen LogP contribution is 2.19. The van der Waals surface area contributed by atoms with E-state index < -0.39 is 0 Å². The molecule has 0 amide bonds. The Labute approximate surface area is 185 Å². The number of carbonyl (C=O) groups excluding carboxylic acids is 1. The van der Waals surface area contributed by atoms with Crippen LogP contribution in [0.3, 0.4) is 0 Å². The molecular weight excluding hydrogens is 382 g/mol. The first-order valence-electron chi connectivity index (χ1n) is 11.4. The van der Waals surface area contributed by atoms with Gasteiger partial charge < -0.3 is 24.3 Å². The fourth-order valence-corrected chi connectivity index (χ4v) is 2.48. The zero-order valence-corrected chi connectivity index (χ0v) is 21.4. The van der Waals surface area contributed by atoms with E-state index >= 15 is 0 Å². The first kappa shape index (κ1) is 29.5. The summed E-state index contributed by atoms with van der Waals surface area (Å²) < 4.78 is 23.7. The van der Waals surface area contributed by atoms with Crippen LogP contribution in [0, 0.1) is 5.92 Å². The number of hydrogen-bond donors (Lipinski definition) is 1. The van der Waals surface area contributed by atoms with Crippen molar-refractivity contribution in [1.82, 2.24) is 5.32 Å². The summed E-state index contributed by atoms with van der Waals surface area (Å²) in [6.07, 6.45) is 1.61. The number of carbonyl (C=O) groups is 1. The van der Waals surface area contributed by atoms with Crippen LogP contribution >= 0.6 is 0 Å². The van der Waals surface area contributed by atoms with Crippen LogP contribution in [0.5, 0.6) is 0 Å². The van der Waals surface area contributed by atoms with Crippen LogP contribution in [0.1, 0.15) is 82.1 Å². The van der Waals surface area contributed by atoms with Crippen molar-refractivity contribution >= 4 is 5.78 Å². The third kappa shape index (κ3) is 16.2. The van der Waals surface area contributed by atoms with E-state index in [1.807, 2.05) is 20.8 Å². The van der Waals surface area contributed by atoms with Crippen molar-refractivity contribution in [2.75, 3.05) is 39.6 Å². The van der Waals surface area contributed by atoms with Crippen LogP contribution in [-0.2, 0) is 23.7 Å². The van der Waals surface area contributed by atoms with Crippen molar-refractivity contribution in [3.63, 3.8) is 0 Å². The quantitative estimate of drug-likeness (QED) is 0.345. The molecule has 0 spiro atoms. The molecule has 0 saturated carbocycles. The minimum atomic E-state index is -0.322. The molecule has 0 rings (SSSR count). The molecule has 180 valence electrons. The summed E-state index contributed by atoms with van der Waals surface area (Å²) in [6.45, 7) is 23.5. The van der Waals surface area contributed by atoms with Gasteiger partial charge in [-0.3, -0.25) is 4.79 Å². The standard InChI is InChI=1S/C24H49NO5/c1-11-27-14-12-23(7,8)29-17-20(25-16-21(26)19(2)3)18-30-24(9,10)13-15-28-22(4,5)6/h19-20,25H,11-18H2,1-10H3. The summed E-state index contributed by atoms with van der Waals surface area (Å²) in [5.41, 5.74) is -0.775. The SMILES string of the molecule is CCOCCC(C)(C)OCC(COC(C)(C)CCOC(C)(C)C)NCC(=O)C(C)C. The number of rotatable bonds is 17. The number of ketones is 1. The van der Waals surface area contributed by atoms with Crippen molar-refractivity contribution in [3.8, 4) is 0 Å². The molecule has 0 saturated heterocycles. The molecule has 0 bridgehead atoms. The highest BCUT2D eigenvalue weighted by Gasteiger charge is 2.25. The maximum Gasteiger partial charge on any atom is 0.149 e. The number of ether oxygens (including phenoxy) is 4. The molecule has 6 heteroatoms. The van der Waals surface area contributed by atoms with Crippen molar-refractivity contribution in [3.05, 3.63) is 0 Å². The van der Waals surface area contributed by atoms with Crippen LogP contribution in [0.4, 0.5) is 0 Å². The highest BCUT2D eigenvalue weighted by atomic mass is 16.5. The molecule has 0 aliphatic heterocycles. The van der Waals surface area contributed by atoms with E-state index in [2.05, 4.69) is 53.8 Å². The van der Waals surface area contributed by atoms with Gasteiger partial charge in [-0.25, -0.2) is 0 Å². The van der Waals surface area contributed by atoms with Crippen molar-refractivity contribution in [2.24, 2.45) is 5.92 Å². The Hall–Kier alpha value is -0.530. The van der Waals surface area contributed by atoms with Crippen molar-refractivity contribution < 1.29 is 23.7 Å². The van der Waals surface area contributed by atoms with E-state index in [1.165, 1.54) is 0 Å². The Morgan fingerprint density at radius 1 is 0.833 bits per heavy atom. The lowest BCUT2D eigenvalue weighted by atomic mass is 10.0. The largest absolute Gasteiger partial charge is 0.382 e. The van der Waals surface area contributed by atoms with Crippen LogP contribution in [0.25, 0.3) is 0 Å². The van der Waals surface area contributed by atoms with Crippen LogP contribution in [0.15, 0.2) is 0 Å². The van der Waals surface area contributed by atoms with E-state index in [9.17, 15) is 4.79 Å². The fourth-order valence-electron chi connectivity index (χ4n) is 2.48. The van der Waals surface area contributed by atoms with Gasteiger partial charge in [0.15, 0.2) is 0 Å². The lowest BCUT2D eigenvalue weighted by molar-refractivity contribution is -0.121. The van der Waals surface area contributed by atoms with E-state index in [0.717, 1.165) is 12.8 Å². The Balaban J connectivity index is 4.73. The molecule has 1 unspecified atom stereocenters. The summed E-state index contributed by atoms with van der Waals surface area (Å²) in [5, 5.41) is 3.33. The van der Waals surface area contributed by atoms with Crippen molar-refractivity contribution in [2.45, 2.75) is 105 Å². The van der Waals surface area contributed by atoms with Gasteiger partial charge in [0.05, 0.1) is 42.6 Å². The third-order valence-electron chi connectivity index (χ3n) is 4.85. The van der Waals surface area contributed by atoms with Gasteiger partial charge in [0, 0.05) is 25.7 Å². The predicted octanol–water partition coefficient (Wildman–Crippen LogP) is 4.39. The first-order chi connectivity index (χ1) is 13.7. The molecule has 0 aliphatic rings. The van der Waals surface area contributed by atoms with Gasteiger partial charge in [0.2, 0.25) is 0 Å². The average Bonchev–Trinajstić information content (AvgIpc) is 2.59. The van der Waals surface area contributed by atoms with Gasteiger partial charge in [0.25, 0.3) is 0 Å². The molecule has 0 aromatic heterocycles. The highest BCUT2D eigenvalue weighted by molar-refractivity contribution is 5.82. The first-order valence-corrected chi connectivity index (χ1v) is 11.4. The molecule has 0 aromatic rings. The van der Waals surface area contributed by atoms with Crippen LogP contribution < -0.4 is 5.32 Å². The van der Waals surface area contributed by atoms with Crippen molar-refractivity contribution in [1.29, 1.82) is 0 Å². The van der Waals surface area contributed by atoms with E-state index in [4.69, 9.17) is 18.9 Å². The molecule has 0 aliphatic carbocycles. The number of Topliss-reactive ketones (excluding diaryl/α,β-unsaturated/α-hetero) is 1. The molecule has 0 radical (unpaired) electrons. The molecular formula is C24H49NO5. The molecule has 6 nitrogen and oxygen atoms in total. The predicted molar refractivity (Wildman–Crippen MR) is 123 cm³/mol. The monoisotopic (exact) mass is 431 g/mol. The van der Waals surface area contributed by atoms with Crippen LogP contribution in [-0.4, -0.2) is 68.2 Å². The maximum absolute atomic E-state index is 12.1. The van der Waals surface area contributed by atoms with Gasteiger partial charge in [-0.05, 0) is 68.2 Å². The molecule has 30 heavy (non-hydrogen) atoms. The molecule has 1 atom stereocenters. The Morgan fingerprint density at radius 2 is 1.33 bits per heavy atom. The van der Waals surface area contributed by atoms with Crippen LogP contribution in [0.2, 0.25) is 0 Å². The lowest BCUT2D eigenvalue weighted by Crippen LogP contribution is -2.45. The second-order valence-electron chi connectivity index (χ2n) is 10.5. The smallest absolute Gasteiger partial charge is 0.149 e. The lowest BCUT2D eigenvalue weighted by Gasteiger charge is -2.32. The second-order valence-corrected chi connectivity index (χ2v) is 10.5. The molecule has 0 fully saturated rings.